The third-order valence-electron chi connectivity index (χ3n) is 7.69. The van der Waals surface area contributed by atoms with Gasteiger partial charge in [-0.2, -0.15) is 0 Å². The molecular formula is C36H37Cl2FeN3Si. The summed E-state index contributed by atoms with van der Waals surface area (Å²) in [4.78, 5) is 5.08. The van der Waals surface area contributed by atoms with Crippen molar-refractivity contribution in [2.24, 2.45) is 16.7 Å². The molecule has 0 N–H and O–H groups in total. The first-order valence-corrected chi connectivity index (χ1v) is 19.1. The Bertz CT molecular complexity index is 1600. The molecule has 0 fully saturated rings. The number of aromatic nitrogens is 1. The van der Waals surface area contributed by atoms with Crippen LogP contribution in [0.3, 0.4) is 0 Å². The van der Waals surface area contributed by atoms with Crippen LogP contribution in [0.2, 0.25) is 0 Å². The average molecular weight is 667 g/mol. The van der Waals surface area contributed by atoms with Crippen LogP contribution in [0.5, 0.6) is 0 Å². The predicted molar refractivity (Wildman–Crippen MR) is 186 cm³/mol. The first kappa shape index (κ1) is 32.7. The van der Waals surface area contributed by atoms with Crippen molar-refractivity contribution in [3.8, 4) is 0 Å². The number of aliphatic imine (C=N–C) groups is 1. The predicted octanol–water partition coefficient (Wildman–Crippen LogP) is 7.94. The van der Waals surface area contributed by atoms with Crippen LogP contribution in [-0.4, -0.2) is 24.2 Å². The third-order valence-corrected chi connectivity index (χ3v) is 11.9. The van der Waals surface area contributed by atoms with Gasteiger partial charge < -0.3 is 9.23 Å². The molecule has 0 aliphatic carbocycles. The van der Waals surface area contributed by atoms with Gasteiger partial charge in [-0.15, -0.1) is 0 Å². The van der Waals surface area contributed by atoms with Crippen LogP contribution in [-0.2, 0) is 20.2 Å². The molecule has 5 aromatic rings. The normalized spacial score (nSPS) is 12.2. The van der Waals surface area contributed by atoms with E-state index in [0.717, 1.165) is 28.5 Å². The van der Waals surface area contributed by atoms with Gasteiger partial charge in [0.05, 0.1) is 22.8 Å². The van der Waals surface area contributed by atoms with E-state index >= 15 is 0 Å². The Balaban J connectivity index is 0.00000135. The molecule has 0 aliphatic rings. The molecule has 3 nitrogen and oxygen atoms in total. The molecule has 5 rings (SSSR count). The summed E-state index contributed by atoms with van der Waals surface area (Å²) < 4.78 is 7.97. The molecule has 1 heterocycles. The van der Waals surface area contributed by atoms with Crippen LogP contribution in [0.4, 0.5) is 5.69 Å². The van der Waals surface area contributed by atoms with Gasteiger partial charge in [0.25, 0.3) is 8.24 Å². The Morgan fingerprint density at radius 1 is 0.628 bits per heavy atom. The summed E-state index contributed by atoms with van der Waals surface area (Å²) in [5.74, 6) is 0. The van der Waals surface area contributed by atoms with E-state index in [2.05, 4.69) is 161 Å². The quantitative estimate of drug-likeness (QED) is 0.0960. The maximum atomic E-state index is 5.74. The number of halogens is 2. The van der Waals surface area contributed by atoms with Crippen molar-refractivity contribution in [3.05, 3.63) is 143 Å². The van der Waals surface area contributed by atoms with Crippen LogP contribution in [0.15, 0.2) is 125 Å². The fourth-order valence-electron chi connectivity index (χ4n) is 5.85. The first-order chi connectivity index (χ1) is 20.7. The fourth-order valence-corrected chi connectivity index (χ4v) is 9.88. The minimum atomic E-state index is -2.75. The second kappa shape index (κ2) is 15.0. The van der Waals surface area contributed by atoms with Gasteiger partial charge in [0.1, 0.15) is 0 Å². The summed E-state index contributed by atoms with van der Waals surface area (Å²) in [7, 11) is 8.90. The molecule has 7 heteroatoms. The maximum absolute atomic E-state index is 5.74. The average Bonchev–Trinajstić information content (AvgIpc) is 3.40. The number of hydrogen-bond donors (Lipinski definition) is 0. The second-order valence-electron chi connectivity index (χ2n) is 10.7. The van der Waals surface area contributed by atoms with Crippen molar-refractivity contribution < 1.29 is 13.1 Å². The van der Waals surface area contributed by atoms with Crippen molar-refractivity contribution >= 4 is 61.1 Å². The van der Waals surface area contributed by atoms with Crippen molar-refractivity contribution in [3.63, 3.8) is 0 Å². The molecule has 0 saturated carbocycles. The van der Waals surface area contributed by atoms with Gasteiger partial charge in [0, 0.05) is 12.8 Å². The molecule has 4 aromatic carbocycles. The monoisotopic (exact) mass is 665 g/mol. The standard InChI is InChI=1S/C36H37N3Si.2ClH.Fe/c1-26-24-27(2)36(28(3)25-26)37-29(4)34-22-23-35(39(34)6)30(5)38-40(31-16-10-7-11-17-31,32-18-12-8-13-19-32)33-20-14-9-15-21-33;;;/h7-25H,1-6H3;2*1H;/q;;;+2/p-2/b37-29?,38-30+;;;. The third kappa shape index (κ3) is 7.31. The van der Waals surface area contributed by atoms with Crippen LogP contribution in [0.25, 0.3) is 0 Å². The van der Waals surface area contributed by atoms with Gasteiger partial charge in [-0.1, -0.05) is 109 Å². The summed E-state index contributed by atoms with van der Waals surface area (Å²) in [6, 6.07) is 41.2. The van der Waals surface area contributed by atoms with E-state index in [0.29, 0.717) is 0 Å². The molecule has 0 saturated heterocycles. The van der Waals surface area contributed by atoms with E-state index in [-0.39, 0.29) is 13.1 Å². The van der Waals surface area contributed by atoms with Crippen molar-refractivity contribution in [1.29, 1.82) is 0 Å². The number of hydrogen-bond acceptors (Lipinski definition) is 2. The summed E-state index contributed by atoms with van der Waals surface area (Å²) in [5.41, 5.74) is 8.93. The Labute approximate surface area is 272 Å². The molecule has 0 bridgehead atoms. The number of nitrogens with zero attached hydrogens (tertiary/aromatic N) is 3. The molecule has 222 valence electrons. The van der Waals surface area contributed by atoms with Gasteiger partial charge in [-0.3, -0.25) is 4.99 Å². The topological polar surface area (TPSA) is 29.6 Å². The van der Waals surface area contributed by atoms with E-state index in [9.17, 15) is 0 Å². The summed E-state index contributed by atoms with van der Waals surface area (Å²) in [6.45, 7) is 10.7. The van der Waals surface area contributed by atoms with Gasteiger partial charge in [0.2, 0.25) is 0 Å². The SMILES string of the molecule is CC(=Nc1c(C)cc(C)cc1C)c1ccc(/C(C)=N/[Si](c2ccccc2)(c2ccccc2)c2ccccc2)n1C.[Cl][Fe][Cl]. The number of aryl methyl sites for hydroxylation is 3. The molecular weight excluding hydrogens is 629 g/mol. The van der Waals surface area contributed by atoms with Gasteiger partial charge in [0.15, 0.2) is 0 Å². The summed E-state index contributed by atoms with van der Waals surface area (Å²) in [6.07, 6.45) is 0. The van der Waals surface area contributed by atoms with E-state index in [1.54, 1.807) is 0 Å². The Morgan fingerprint density at radius 2 is 1.00 bits per heavy atom. The molecule has 0 atom stereocenters. The molecule has 1 aromatic heterocycles. The van der Waals surface area contributed by atoms with Crippen molar-refractivity contribution in [2.45, 2.75) is 34.6 Å². The zero-order valence-corrected chi connectivity index (χ0v) is 29.0. The molecule has 0 unspecified atom stereocenters. The second-order valence-corrected chi connectivity index (χ2v) is 15.9. The van der Waals surface area contributed by atoms with E-state index < -0.39 is 8.24 Å². The Morgan fingerprint density at radius 3 is 1.40 bits per heavy atom. The molecule has 0 radical (unpaired) electrons. The molecule has 0 aliphatic heterocycles. The molecule has 43 heavy (non-hydrogen) atoms. The van der Waals surface area contributed by atoms with Crippen LogP contribution < -0.4 is 15.6 Å². The van der Waals surface area contributed by atoms with E-state index in [1.165, 1.54) is 32.3 Å². The number of benzene rings is 4. The van der Waals surface area contributed by atoms with Gasteiger partial charge in [-0.05, 0) is 73.4 Å². The van der Waals surface area contributed by atoms with Gasteiger partial charge in [-0.25, -0.2) is 0 Å². The van der Waals surface area contributed by atoms with Gasteiger partial charge >= 0.3 is 33.3 Å². The van der Waals surface area contributed by atoms with Crippen LogP contribution >= 0.6 is 20.2 Å². The van der Waals surface area contributed by atoms with E-state index in [4.69, 9.17) is 29.8 Å². The minimum absolute atomic E-state index is 0.194. The Hall–Kier alpha value is -3.18. The zero-order chi connectivity index (χ0) is 31.0. The Kier molecular flexibility index (Phi) is 11.4. The molecule has 0 amide bonds. The summed E-state index contributed by atoms with van der Waals surface area (Å²) in [5, 5.41) is 3.80. The molecule has 0 spiro atoms. The number of rotatable bonds is 7. The zero-order valence-electron chi connectivity index (χ0n) is 25.4. The fraction of sp³-hybridized carbons (Fsp3) is 0.167. The van der Waals surface area contributed by atoms with Crippen LogP contribution in [0, 0.1) is 20.8 Å². The first-order valence-electron chi connectivity index (χ1n) is 14.1. The van der Waals surface area contributed by atoms with Crippen molar-refractivity contribution in [2.75, 3.05) is 0 Å². The van der Waals surface area contributed by atoms with E-state index in [1.807, 2.05) is 0 Å². The van der Waals surface area contributed by atoms with Crippen LogP contribution in [0.1, 0.15) is 41.9 Å². The summed E-state index contributed by atoms with van der Waals surface area (Å²) >= 11 is 0.194. The van der Waals surface area contributed by atoms with Crippen molar-refractivity contribution in [1.82, 2.24) is 4.57 Å².